The van der Waals surface area contributed by atoms with E-state index in [1.807, 2.05) is 35.7 Å². The van der Waals surface area contributed by atoms with E-state index in [9.17, 15) is 13.2 Å². The molecule has 3 rings (SSSR count). The summed E-state index contributed by atoms with van der Waals surface area (Å²) < 4.78 is 27.3. The summed E-state index contributed by atoms with van der Waals surface area (Å²) in [6, 6.07) is 15.9. The number of nitrogens with one attached hydrogen (secondary N) is 2. The number of carbonyl (C=O) groups excluding carboxylic acids is 1. The van der Waals surface area contributed by atoms with Crippen LogP contribution < -0.4 is 10.0 Å². The van der Waals surface area contributed by atoms with Gasteiger partial charge in [0.15, 0.2) is 0 Å². The van der Waals surface area contributed by atoms with Gasteiger partial charge >= 0.3 is 0 Å². The molecule has 0 aliphatic carbocycles. The number of benzene rings is 2. The van der Waals surface area contributed by atoms with Crippen molar-refractivity contribution in [1.82, 2.24) is 9.71 Å². The summed E-state index contributed by atoms with van der Waals surface area (Å²) in [4.78, 5) is 15.7. The molecule has 1 aromatic heterocycles. The molecule has 8 heteroatoms. The molecule has 0 saturated heterocycles. The molecule has 27 heavy (non-hydrogen) atoms. The van der Waals surface area contributed by atoms with Crippen molar-refractivity contribution >= 4 is 33.0 Å². The third-order valence-electron chi connectivity index (χ3n) is 3.74. The van der Waals surface area contributed by atoms with Crippen molar-refractivity contribution in [2.75, 3.05) is 11.9 Å². The van der Waals surface area contributed by atoms with Gasteiger partial charge in [-0.1, -0.05) is 30.3 Å². The van der Waals surface area contributed by atoms with Crippen LogP contribution in [0.15, 0.2) is 64.9 Å². The Labute approximate surface area is 162 Å². The molecular weight excluding hydrogens is 382 g/mol. The van der Waals surface area contributed by atoms with Crippen LogP contribution in [-0.4, -0.2) is 25.9 Å². The Morgan fingerprint density at radius 2 is 1.78 bits per heavy atom. The molecule has 1 amide bonds. The molecule has 0 bridgehead atoms. The van der Waals surface area contributed by atoms with E-state index in [0.29, 0.717) is 12.1 Å². The molecule has 0 atom stereocenters. The van der Waals surface area contributed by atoms with Gasteiger partial charge in [-0.15, -0.1) is 11.3 Å². The van der Waals surface area contributed by atoms with Crippen LogP contribution in [0.5, 0.6) is 0 Å². The molecule has 140 valence electrons. The van der Waals surface area contributed by atoms with E-state index >= 15 is 0 Å². The minimum atomic E-state index is -3.61. The number of carbonyl (C=O) groups is 1. The molecule has 0 aliphatic heterocycles. The molecular formula is C19H19N3O3S2. The third-order valence-corrected chi connectivity index (χ3v) is 6.12. The molecule has 0 fully saturated rings. The molecule has 1 heterocycles. The quantitative estimate of drug-likeness (QED) is 0.636. The minimum Gasteiger partial charge on any atom is -0.326 e. The lowest BCUT2D eigenvalue weighted by molar-refractivity contribution is -0.114. The summed E-state index contributed by atoms with van der Waals surface area (Å²) in [5, 5.41) is 5.45. The highest BCUT2D eigenvalue weighted by Crippen LogP contribution is 2.21. The molecule has 0 saturated carbocycles. The number of hydrogen-bond donors (Lipinski definition) is 2. The highest BCUT2D eigenvalue weighted by Gasteiger charge is 2.14. The van der Waals surface area contributed by atoms with Gasteiger partial charge in [0.1, 0.15) is 0 Å². The van der Waals surface area contributed by atoms with E-state index in [4.69, 9.17) is 0 Å². The lowest BCUT2D eigenvalue weighted by Gasteiger charge is -2.07. The number of thiazole rings is 1. The van der Waals surface area contributed by atoms with Crippen LogP contribution in [0.3, 0.4) is 0 Å². The lowest BCUT2D eigenvalue weighted by Crippen LogP contribution is -2.26. The summed E-state index contributed by atoms with van der Waals surface area (Å²) in [5.41, 5.74) is 2.49. The summed E-state index contributed by atoms with van der Waals surface area (Å²) in [7, 11) is -3.61. The van der Waals surface area contributed by atoms with Gasteiger partial charge in [-0.05, 0) is 24.3 Å². The Morgan fingerprint density at radius 3 is 2.44 bits per heavy atom. The number of rotatable bonds is 7. The second-order valence-corrected chi connectivity index (χ2v) is 8.56. The number of anilines is 1. The topological polar surface area (TPSA) is 88.2 Å². The van der Waals surface area contributed by atoms with E-state index < -0.39 is 10.0 Å². The van der Waals surface area contributed by atoms with E-state index in [2.05, 4.69) is 15.0 Å². The molecule has 0 radical (unpaired) electrons. The van der Waals surface area contributed by atoms with Gasteiger partial charge in [0, 0.05) is 36.5 Å². The molecule has 0 aliphatic rings. The summed E-state index contributed by atoms with van der Waals surface area (Å²) in [6.07, 6.45) is 0.515. The maximum Gasteiger partial charge on any atom is 0.240 e. The van der Waals surface area contributed by atoms with Gasteiger partial charge in [-0.25, -0.2) is 18.1 Å². The zero-order valence-electron chi connectivity index (χ0n) is 14.7. The van der Waals surface area contributed by atoms with Gasteiger partial charge in [-0.3, -0.25) is 4.79 Å². The molecule has 2 N–H and O–H groups in total. The van der Waals surface area contributed by atoms with Crippen LogP contribution in [0, 0.1) is 0 Å². The van der Waals surface area contributed by atoms with Crippen molar-refractivity contribution in [2.24, 2.45) is 0 Å². The summed E-state index contributed by atoms with van der Waals surface area (Å²) in [5.74, 6) is -0.206. The number of amides is 1. The fourth-order valence-corrected chi connectivity index (χ4v) is 4.30. The van der Waals surface area contributed by atoms with E-state index in [1.54, 1.807) is 12.1 Å². The second kappa shape index (κ2) is 8.43. The van der Waals surface area contributed by atoms with Crippen molar-refractivity contribution < 1.29 is 13.2 Å². The molecule has 6 nitrogen and oxygen atoms in total. The van der Waals surface area contributed by atoms with Crippen molar-refractivity contribution in [3.63, 3.8) is 0 Å². The van der Waals surface area contributed by atoms with E-state index in [0.717, 1.165) is 16.3 Å². The van der Waals surface area contributed by atoms with Crippen LogP contribution in [0.2, 0.25) is 0 Å². The first-order valence-corrected chi connectivity index (χ1v) is 10.7. The monoisotopic (exact) mass is 401 g/mol. The second-order valence-electron chi connectivity index (χ2n) is 5.85. The first-order valence-electron chi connectivity index (χ1n) is 8.31. The average molecular weight is 402 g/mol. The van der Waals surface area contributed by atoms with Crippen molar-refractivity contribution in [3.8, 4) is 11.3 Å². The average Bonchev–Trinajstić information content (AvgIpc) is 3.11. The van der Waals surface area contributed by atoms with Crippen LogP contribution in [0.25, 0.3) is 11.3 Å². The van der Waals surface area contributed by atoms with Gasteiger partial charge in [0.25, 0.3) is 0 Å². The first-order chi connectivity index (χ1) is 12.9. The lowest BCUT2D eigenvalue weighted by atomic mass is 10.2. The SMILES string of the molecule is CC(=O)Nc1ccc(S(=O)(=O)NCCc2nc(-c3ccccc3)cs2)cc1. The third kappa shape index (κ3) is 5.22. The molecule has 0 unspecified atom stereocenters. The van der Waals surface area contributed by atoms with Crippen LogP contribution in [0.1, 0.15) is 11.9 Å². The van der Waals surface area contributed by atoms with Crippen molar-refractivity contribution in [3.05, 3.63) is 65.0 Å². The Balaban J connectivity index is 1.58. The highest BCUT2D eigenvalue weighted by molar-refractivity contribution is 7.89. The summed E-state index contributed by atoms with van der Waals surface area (Å²) in [6.45, 7) is 1.66. The van der Waals surface area contributed by atoms with Crippen LogP contribution in [0.4, 0.5) is 5.69 Å². The largest absolute Gasteiger partial charge is 0.326 e. The van der Waals surface area contributed by atoms with Crippen LogP contribution >= 0.6 is 11.3 Å². The number of nitrogens with zero attached hydrogens (tertiary/aromatic N) is 1. The predicted octanol–water partition coefficient (Wildman–Crippen LogP) is 3.29. The Hall–Kier alpha value is -2.55. The Kier molecular flexibility index (Phi) is 6.00. The molecule has 0 spiro atoms. The fourth-order valence-electron chi connectivity index (χ4n) is 2.46. The highest BCUT2D eigenvalue weighted by atomic mass is 32.2. The molecule has 3 aromatic rings. The van der Waals surface area contributed by atoms with Gasteiger partial charge in [-0.2, -0.15) is 0 Å². The predicted molar refractivity (Wildman–Crippen MR) is 107 cm³/mol. The van der Waals surface area contributed by atoms with Crippen molar-refractivity contribution in [1.29, 1.82) is 0 Å². The van der Waals surface area contributed by atoms with Gasteiger partial charge < -0.3 is 5.32 Å². The van der Waals surface area contributed by atoms with Gasteiger partial charge in [0.05, 0.1) is 15.6 Å². The Bertz CT molecular complexity index is 1010. The number of sulfonamides is 1. The zero-order chi connectivity index (χ0) is 19.3. The fraction of sp³-hybridized carbons (Fsp3) is 0.158. The van der Waals surface area contributed by atoms with Crippen molar-refractivity contribution in [2.45, 2.75) is 18.2 Å². The maximum absolute atomic E-state index is 12.4. The summed E-state index contributed by atoms with van der Waals surface area (Å²) >= 11 is 1.51. The van der Waals surface area contributed by atoms with E-state index in [1.165, 1.54) is 30.4 Å². The smallest absolute Gasteiger partial charge is 0.240 e. The Morgan fingerprint density at radius 1 is 1.07 bits per heavy atom. The number of aromatic nitrogens is 1. The number of hydrogen-bond acceptors (Lipinski definition) is 5. The van der Waals surface area contributed by atoms with Gasteiger partial charge in [0.2, 0.25) is 15.9 Å². The standard InChI is InChI=1S/C19H19N3O3S2/c1-14(23)21-16-7-9-17(10-8-16)27(24,25)20-12-11-19-22-18(13-26-19)15-5-3-2-4-6-15/h2-10,13,20H,11-12H2,1H3,(H,21,23). The molecule has 2 aromatic carbocycles. The van der Waals surface area contributed by atoms with Crippen LogP contribution in [-0.2, 0) is 21.2 Å². The van der Waals surface area contributed by atoms with E-state index in [-0.39, 0.29) is 17.3 Å². The first kappa shape index (κ1) is 19.2. The maximum atomic E-state index is 12.4. The zero-order valence-corrected chi connectivity index (χ0v) is 16.3. The minimum absolute atomic E-state index is 0.153. The normalized spacial score (nSPS) is 11.3.